The highest BCUT2D eigenvalue weighted by atomic mass is 32.1. The van der Waals surface area contributed by atoms with Gasteiger partial charge in [-0.1, -0.05) is 0 Å². The number of rotatable bonds is 3. The molecule has 2 rings (SSSR count). The van der Waals surface area contributed by atoms with Gasteiger partial charge in [0.15, 0.2) is 0 Å². The Morgan fingerprint density at radius 2 is 2.33 bits per heavy atom. The third kappa shape index (κ3) is 2.84. The molecule has 0 fully saturated rings. The molecular weight excluding hydrogens is 253 g/mol. The third-order valence-electron chi connectivity index (χ3n) is 2.33. The van der Waals surface area contributed by atoms with Crippen molar-refractivity contribution in [3.63, 3.8) is 0 Å². The van der Waals surface area contributed by atoms with E-state index in [1.54, 1.807) is 0 Å². The van der Waals surface area contributed by atoms with E-state index in [2.05, 4.69) is 10.3 Å². The van der Waals surface area contributed by atoms with Gasteiger partial charge in [-0.2, -0.15) is 0 Å². The van der Waals surface area contributed by atoms with Crippen LogP contribution in [0.1, 0.15) is 21.1 Å². The standard InChI is InChI=1S/C12H12FN3OS/c1-7-6-18-11(16-7)5-15-12(17)9-4-8(13)2-3-10(9)14/h2-4,6H,5,14H2,1H3,(H,15,17). The summed E-state index contributed by atoms with van der Waals surface area (Å²) in [5, 5.41) is 5.36. The summed E-state index contributed by atoms with van der Waals surface area (Å²) in [7, 11) is 0. The molecule has 0 saturated heterocycles. The Morgan fingerprint density at radius 1 is 1.56 bits per heavy atom. The highest BCUT2D eigenvalue weighted by Gasteiger charge is 2.11. The zero-order valence-corrected chi connectivity index (χ0v) is 10.6. The van der Waals surface area contributed by atoms with Gasteiger partial charge in [0.25, 0.3) is 5.91 Å². The van der Waals surface area contributed by atoms with Gasteiger partial charge < -0.3 is 11.1 Å². The molecule has 0 unspecified atom stereocenters. The summed E-state index contributed by atoms with van der Waals surface area (Å²) in [5.74, 6) is -0.890. The van der Waals surface area contributed by atoms with E-state index >= 15 is 0 Å². The maximum Gasteiger partial charge on any atom is 0.253 e. The van der Waals surface area contributed by atoms with Crippen molar-refractivity contribution in [2.75, 3.05) is 5.73 Å². The first-order valence-corrected chi connectivity index (χ1v) is 6.18. The van der Waals surface area contributed by atoms with Crippen LogP contribution >= 0.6 is 11.3 Å². The lowest BCUT2D eigenvalue weighted by molar-refractivity contribution is 0.0951. The Bertz CT molecular complexity index is 582. The molecule has 2 aromatic rings. The molecule has 1 amide bonds. The van der Waals surface area contributed by atoms with Gasteiger partial charge in [0.05, 0.1) is 12.1 Å². The molecule has 0 saturated carbocycles. The molecule has 0 aliphatic heterocycles. The van der Waals surface area contributed by atoms with E-state index in [9.17, 15) is 9.18 Å². The minimum Gasteiger partial charge on any atom is -0.398 e. The number of hydrogen-bond donors (Lipinski definition) is 2. The summed E-state index contributed by atoms with van der Waals surface area (Å²) >= 11 is 1.46. The predicted octanol–water partition coefficient (Wildman–Crippen LogP) is 2.10. The average Bonchev–Trinajstić information content (AvgIpc) is 2.75. The number of anilines is 1. The first kappa shape index (κ1) is 12.5. The van der Waals surface area contributed by atoms with E-state index in [0.29, 0.717) is 6.54 Å². The first-order valence-electron chi connectivity index (χ1n) is 5.30. The summed E-state index contributed by atoms with van der Waals surface area (Å²) in [5.41, 5.74) is 6.93. The predicted molar refractivity (Wildman–Crippen MR) is 68.8 cm³/mol. The molecule has 0 atom stereocenters. The Hall–Kier alpha value is -1.95. The van der Waals surface area contributed by atoms with Crippen LogP contribution in [0.3, 0.4) is 0 Å². The van der Waals surface area contributed by atoms with Crippen LogP contribution < -0.4 is 11.1 Å². The lowest BCUT2D eigenvalue weighted by Crippen LogP contribution is -2.23. The number of nitrogen functional groups attached to an aromatic ring is 1. The normalized spacial score (nSPS) is 10.3. The summed E-state index contributed by atoms with van der Waals surface area (Å²) < 4.78 is 13.0. The molecule has 18 heavy (non-hydrogen) atoms. The van der Waals surface area contributed by atoms with Crippen molar-refractivity contribution in [3.05, 3.63) is 45.7 Å². The zero-order chi connectivity index (χ0) is 13.1. The number of nitrogens with zero attached hydrogens (tertiary/aromatic N) is 1. The van der Waals surface area contributed by atoms with Gasteiger partial charge in [0.1, 0.15) is 10.8 Å². The lowest BCUT2D eigenvalue weighted by Gasteiger charge is -2.06. The first-order chi connectivity index (χ1) is 8.56. The molecule has 1 aromatic heterocycles. The molecule has 6 heteroatoms. The summed E-state index contributed by atoms with van der Waals surface area (Å²) in [6, 6.07) is 3.71. The number of carbonyl (C=O) groups is 1. The van der Waals surface area contributed by atoms with Gasteiger partial charge in [-0.3, -0.25) is 4.79 Å². The van der Waals surface area contributed by atoms with E-state index < -0.39 is 11.7 Å². The second kappa shape index (κ2) is 5.14. The molecule has 0 bridgehead atoms. The number of hydrogen-bond acceptors (Lipinski definition) is 4. The number of aryl methyl sites for hydroxylation is 1. The molecule has 94 valence electrons. The van der Waals surface area contributed by atoms with Crippen LogP contribution in [-0.4, -0.2) is 10.9 Å². The van der Waals surface area contributed by atoms with Crippen molar-refractivity contribution in [1.29, 1.82) is 0 Å². The van der Waals surface area contributed by atoms with Gasteiger partial charge in [-0.25, -0.2) is 9.37 Å². The number of nitrogens with two attached hydrogens (primary N) is 1. The second-order valence-corrected chi connectivity index (χ2v) is 4.74. The SMILES string of the molecule is Cc1csc(CNC(=O)c2cc(F)ccc2N)n1. The van der Waals surface area contributed by atoms with Crippen molar-refractivity contribution in [1.82, 2.24) is 10.3 Å². The zero-order valence-electron chi connectivity index (χ0n) is 9.74. The number of aromatic nitrogens is 1. The number of nitrogens with one attached hydrogen (secondary N) is 1. The lowest BCUT2D eigenvalue weighted by atomic mass is 10.1. The Morgan fingerprint density at radius 3 is 3.00 bits per heavy atom. The van der Waals surface area contributed by atoms with Gasteiger partial charge in [0.2, 0.25) is 0 Å². The van der Waals surface area contributed by atoms with Crippen molar-refractivity contribution < 1.29 is 9.18 Å². The van der Waals surface area contributed by atoms with Crippen LogP contribution in [0.5, 0.6) is 0 Å². The quantitative estimate of drug-likeness (QED) is 0.835. The Labute approximate surface area is 108 Å². The highest BCUT2D eigenvalue weighted by Crippen LogP contribution is 2.14. The minimum absolute atomic E-state index is 0.142. The molecule has 1 aromatic carbocycles. The Balaban J connectivity index is 2.05. The van der Waals surface area contributed by atoms with Crippen LogP contribution in [0.2, 0.25) is 0 Å². The van der Waals surface area contributed by atoms with E-state index in [1.807, 2.05) is 12.3 Å². The maximum absolute atomic E-state index is 13.0. The number of halogens is 1. The topological polar surface area (TPSA) is 68.0 Å². The fraction of sp³-hybridized carbons (Fsp3) is 0.167. The summed E-state index contributed by atoms with van der Waals surface area (Å²) in [4.78, 5) is 16.0. The summed E-state index contributed by atoms with van der Waals surface area (Å²) in [6.07, 6.45) is 0. The molecule has 1 heterocycles. The van der Waals surface area contributed by atoms with Gasteiger partial charge >= 0.3 is 0 Å². The average molecular weight is 265 g/mol. The fourth-order valence-electron chi connectivity index (χ4n) is 1.46. The molecule has 0 aliphatic carbocycles. The van der Waals surface area contributed by atoms with Gasteiger partial charge in [0, 0.05) is 16.8 Å². The molecule has 0 spiro atoms. The molecule has 0 aliphatic rings. The second-order valence-electron chi connectivity index (χ2n) is 3.80. The van der Waals surface area contributed by atoms with Crippen LogP contribution in [0.25, 0.3) is 0 Å². The minimum atomic E-state index is -0.487. The number of carbonyl (C=O) groups excluding carboxylic acids is 1. The number of thiazole rings is 1. The van der Waals surface area contributed by atoms with E-state index in [4.69, 9.17) is 5.73 Å². The summed E-state index contributed by atoms with van der Waals surface area (Å²) in [6.45, 7) is 2.19. The van der Waals surface area contributed by atoms with Crippen LogP contribution in [-0.2, 0) is 6.54 Å². The van der Waals surface area contributed by atoms with E-state index in [0.717, 1.165) is 16.8 Å². The molecule has 0 radical (unpaired) electrons. The number of amides is 1. The molecule has 4 nitrogen and oxygen atoms in total. The van der Waals surface area contributed by atoms with E-state index in [1.165, 1.54) is 23.5 Å². The van der Waals surface area contributed by atoms with Crippen molar-refractivity contribution >= 4 is 22.9 Å². The van der Waals surface area contributed by atoms with Crippen LogP contribution in [0.15, 0.2) is 23.6 Å². The van der Waals surface area contributed by atoms with E-state index in [-0.39, 0.29) is 11.3 Å². The van der Waals surface area contributed by atoms with Crippen LogP contribution in [0.4, 0.5) is 10.1 Å². The van der Waals surface area contributed by atoms with Crippen molar-refractivity contribution in [2.24, 2.45) is 0 Å². The molecular formula is C12H12FN3OS. The monoisotopic (exact) mass is 265 g/mol. The highest BCUT2D eigenvalue weighted by molar-refractivity contribution is 7.09. The fourth-order valence-corrected chi connectivity index (χ4v) is 2.17. The third-order valence-corrected chi connectivity index (χ3v) is 3.29. The number of benzene rings is 1. The molecule has 3 N–H and O–H groups in total. The Kier molecular flexibility index (Phi) is 3.57. The van der Waals surface area contributed by atoms with Crippen molar-refractivity contribution in [2.45, 2.75) is 13.5 Å². The van der Waals surface area contributed by atoms with Gasteiger partial charge in [-0.05, 0) is 25.1 Å². The maximum atomic E-state index is 13.0. The van der Waals surface area contributed by atoms with Crippen LogP contribution in [0, 0.1) is 12.7 Å². The van der Waals surface area contributed by atoms with Crippen molar-refractivity contribution in [3.8, 4) is 0 Å². The van der Waals surface area contributed by atoms with Gasteiger partial charge in [-0.15, -0.1) is 11.3 Å². The largest absolute Gasteiger partial charge is 0.398 e. The smallest absolute Gasteiger partial charge is 0.253 e.